The molecule has 0 fully saturated rings. The van der Waals surface area contributed by atoms with Gasteiger partial charge in [-0.15, -0.1) is 0 Å². The molecule has 0 aliphatic carbocycles. The maximum Gasteiger partial charge on any atom is 0.328 e. The van der Waals surface area contributed by atoms with E-state index in [2.05, 4.69) is 10.6 Å². The molecule has 3 aromatic carbocycles. The van der Waals surface area contributed by atoms with E-state index in [1.807, 2.05) is 56.3 Å². The number of benzene rings is 3. The fourth-order valence-electron chi connectivity index (χ4n) is 4.51. The zero-order chi connectivity index (χ0) is 28.6. The van der Waals surface area contributed by atoms with Crippen molar-refractivity contribution in [1.82, 2.24) is 10.6 Å². The van der Waals surface area contributed by atoms with E-state index < -0.39 is 17.9 Å². The number of methoxy groups -OCH3 is 2. The highest BCUT2D eigenvalue weighted by molar-refractivity contribution is 6.05. The number of fused-ring (bicyclic) bond motifs is 1. The molecule has 9 nitrogen and oxygen atoms in total. The van der Waals surface area contributed by atoms with Crippen LogP contribution in [0.5, 0.6) is 17.2 Å². The lowest BCUT2D eigenvalue weighted by molar-refractivity contribution is -0.143. The van der Waals surface area contributed by atoms with Crippen LogP contribution in [0.1, 0.15) is 41.0 Å². The van der Waals surface area contributed by atoms with Crippen molar-refractivity contribution in [3.63, 3.8) is 0 Å². The van der Waals surface area contributed by atoms with Crippen molar-refractivity contribution in [1.29, 1.82) is 0 Å². The first kappa shape index (κ1) is 28.5. The van der Waals surface area contributed by atoms with Gasteiger partial charge in [-0.25, -0.2) is 4.79 Å². The van der Waals surface area contributed by atoms with E-state index in [1.54, 1.807) is 24.3 Å². The Hall–Kier alpha value is -4.53. The van der Waals surface area contributed by atoms with Crippen molar-refractivity contribution >= 4 is 17.8 Å². The van der Waals surface area contributed by atoms with Gasteiger partial charge in [0.15, 0.2) is 11.5 Å². The average Bonchev–Trinajstić information content (AvgIpc) is 2.98. The van der Waals surface area contributed by atoms with Gasteiger partial charge in [0.05, 0.1) is 20.8 Å². The summed E-state index contributed by atoms with van der Waals surface area (Å²) < 4.78 is 22.1. The summed E-state index contributed by atoms with van der Waals surface area (Å²) in [5.74, 6) is 0.665. The second kappa shape index (κ2) is 13.0. The summed E-state index contributed by atoms with van der Waals surface area (Å²) in [6, 6.07) is 18.6. The van der Waals surface area contributed by atoms with Crippen LogP contribution in [0.15, 0.2) is 66.7 Å². The summed E-state index contributed by atoms with van der Waals surface area (Å²) in [5.41, 5.74) is 1.76. The first-order valence-corrected chi connectivity index (χ1v) is 13.1. The lowest BCUT2D eigenvalue weighted by Gasteiger charge is -2.26. The van der Waals surface area contributed by atoms with E-state index >= 15 is 0 Å². The van der Waals surface area contributed by atoms with Crippen LogP contribution < -0.4 is 24.8 Å². The second-order valence-corrected chi connectivity index (χ2v) is 9.85. The van der Waals surface area contributed by atoms with Gasteiger partial charge < -0.3 is 29.6 Å². The molecule has 3 aromatic rings. The highest BCUT2D eigenvalue weighted by atomic mass is 16.6. The number of ether oxygens (including phenoxy) is 4. The molecule has 2 atom stereocenters. The minimum absolute atomic E-state index is 0.149. The lowest BCUT2D eigenvalue weighted by atomic mass is 9.95. The molecule has 0 radical (unpaired) electrons. The van der Waals surface area contributed by atoms with Crippen LogP contribution in [0.2, 0.25) is 0 Å². The van der Waals surface area contributed by atoms with Crippen LogP contribution in [-0.4, -0.2) is 57.3 Å². The molecule has 1 heterocycles. The topological polar surface area (TPSA) is 112 Å². The standard InChI is InChI=1S/C31H34N2O7/c1-19(2)15-25(31(36)38-4)33-30(35)23-14-13-20(16-24(23)22-9-5-6-10-26(22)37-3)29(34)32-17-21-18-39-27-11-7-8-12-28(27)40-21/h5-14,16,19,21,25H,15,17-18H2,1-4H3,(H,32,34)(H,33,35)/t21-,25-/m0/s1. The Balaban J connectivity index is 1.58. The maximum atomic E-state index is 13.5. The van der Waals surface area contributed by atoms with Gasteiger partial charge in [-0.1, -0.05) is 44.2 Å². The highest BCUT2D eigenvalue weighted by Gasteiger charge is 2.26. The zero-order valence-corrected chi connectivity index (χ0v) is 23.1. The Kier molecular flexibility index (Phi) is 9.27. The number of carbonyl (C=O) groups excluding carboxylic acids is 3. The van der Waals surface area contributed by atoms with E-state index in [4.69, 9.17) is 18.9 Å². The fraction of sp³-hybridized carbons (Fsp3) is 0.323. The van der Waals surface area contributed by atoms with Gasteiger partial charge in [0, 0.05) is 16.7 Å². The minimum atomic E-state index is -0.811. The Labute approximate surface area is 233 Å². The SMILES string of the molecule is COC(=O)[C@H](CC(C)C)NC(=O)c1ccc(C(=O)NC[C@H]2COc3ccccc3O2)cc1-c1ccccc1OC. The quantitative estimate of drug-likeness (QED) is 0.366. The Morgan fingerprint density at radius 3 is 2.38 bits per heavy atom. The number of nitrogens with one attached hydrogen (secondary N) is 2. The molecule has 1 aliphatic rings. The molecule has 40 heavy (non-hydrogen) atoms. The molecule has 0 saturated heterocycles. The number of rotatable bonds is 10. The largest absolute Gasteiger partial charge is 0.496 e. The van der Waals surface area contributed by atoms with Crippen LogP contribution in [0.3, 0.4) is 0 Å². The molecule has 210 valence electrons. The number of esters is 1. The van der Waals surface area contributed by atoms with Crippen molar-refractivity contribution in [2.24, 2.45) is 5.92 Å². The summed E-state index contributed by atoms with van der Waals surface area (Å²) in [7, 11) is 2.83. The van der Waals surface area contributed by atoms with Gasteiger partial charge in [0.2, 0.25) is 0 Å². The molecule has 0 unspecified atom stereocenters. The fourth-order valence-corrected chi connectivity index (χ4v) is 4.51. The van der Waals surface area contributed by atoms with Crippen molar-refractivity contribution in [3.05, 3.63) is 77.9 Å². The molecular weight excluding hydrogens is 512 g/mol. The predicted octanol–water partition coefficient (Wildman–Crippen LogP) is 4.25. The third-order valence-corrected chi connectivity index (χ3v) is 6.48. The van der Waals surface area contributed by atoms with Gasteiger partial charge in [-0.3, -0.25) is 9.59 Å². The summed E-state index contributed by atoms with van der Waals surface area (Å²) >= 11 is 0. The van der Waals surface area contributed by atoms with Crippen molar-refractivity contribution < 1.29 is 33.3 Å². The number of amides is 2. The van der Waals surface area contributed by atoms with E-state index in [9.17, 15) is 14.4 Å². The highest BCUT2D eigenvalue weighted by Crippen LogP contribution is 2.34. The summed E-state index contributed by atoms with van der Waals surface area (Å²) in [6.07, 6.45) is 0.0640. The zero-order valence-electron chi connectivity index (χ0n) is 23.1. The average molecular weight is 547 g/mol. The number of hydrogen-bond donors (Lipinski definition) is 2. The Morgan fingerprint density at radius 1 is 0.925 bits per heavy atom. The maximum absolute atomic E-state index is 13.5. The van der Waals surface area contributed by atoms with Gasteiger partial charge in [-0.05, 0) is 54.3 Å². The number of carbonyl (C=O) groups is 3. The summed E-state index contributed by atoms with van der Waals surface area (Å²) in [6.45, 7) is 4.45. The minimum Gasteiger partial charge on any atom is -0.496 e. The molecule has 2 N–H and O–H groups in total. The van der Waals surface area contributed by atoms with Crippen molar-refractivity contribution in [2.45, 2.75) is 32.4 Å². The van der Waals surface area contributed by atoms with Crippen LogP contribution in [0.25, 0.3) is 11.1 Å². The third kappa shape index (κ3) is 6.72. The monoisotopic (exact) mass is 546 g/mol. The van der Waals surface area contributed by atoms with Gasteiger partial charge in [0.25, 0.3) is 11.8 Å². The number of para-hydroxylation sites is 3. The van der Waals surface area contributed by atoms with Crippen LogP contribution in [-0.2, 0) is 9.53 Å². The second-order valence-electron chi connectivity index (χ2n) is 9.85. The molecule has 0 bridgehead atoms. The first-order chi connectivity index (χ1) is 19.3. The predicted molar refractivity (Wildman–Crippen MR) is 150 cm³/mol. The first-order valence-electron chi connectivity index (χ1n) is 13.1. The van der Waals surface area contributed by atoms with Gasteiger partial charge in [-0.2, -0.15) is 0 Å². The molecular formula is C31H34N2O7. The van der Waals surface area contributed by atoms with Crippen molar-refractivity contribution in [3.8, 4) is 28.4 Å². The molecule has 1 aliphatic heterocycles. The van der Waals surface area contributed by atoms with Crippen molar-refractivity contribution in [2.75, 3.05) is 27.4 Å². The van der Waals surface area contributed by atoms with Crippen LogP contribution in [0, 0.1) is 5.92 Å². The van der Waals surface area contributed by atoms with Gasteiger partial charge >= 0.3 is 5.97 Å². The summed E-state index contributed by atoms with van der Waals surface area (Å²) in [4.78, 5) is 39.0. The van der Waals surface area contributed by atoms with E-state index in [0.717, 1.165) is 0 Å². The van der Waals surface area contributed by atoms with E-state index in [0.29, 0.717) is 52.5 Å². The molecule has 2 amide bonds. The van der Waals surface area contributed by atoms with Gasteiger partial charge in [0.1, 0.15) is 24.5 Å². The molecule has 0 aromatic heterocycles. The molecule has 0 saturated carbocycles. The van der Waals surface area contributed by atoms with Crippen LogP contribution >= 0.6 is 0 Å². The smallest absolute Gasteiger partial charge is 0.328 e. The molecule has 9 heteroatoms. The normalized spacial score (nSPS) is 14.7. The van der Waals surface area contributed by atoms with E-state index in [1.165, 1.54) is 14.2 Å². The number of hydrogen-bond acceptors (Lipinski definition) is 7. The van der Waals surface area contributed by atoms with E-state index in [-0.39, 0.29) is 24.5 Å². The summed E-state index contributed by atoms with van der Waals surface area (Å²) in [5, 5.41) is 5.70. The Morgan fingerprint density at radius 2 is 1.65 bits per heavy atom. The Bertz CT molecular complexity index is 1370. The van der Waals surface area contributed by atoms with Crippen LogP contribution in [0.4, 0.5) is 0 Å². The lowest BCUT2D eigenvalue weighted by Crippen LogP contribution is -2.42. The molecule has 4 rings (SSSR count). The molecule has 0 spiro atoms. The third-order valence-electron chi connectivity index (χ3n) is 6.48.